The molecule has 150 valence electrons. The molecular weight excluding hydrogens is 491 g/mol. The summed E-state index contributed by atoms with van der Waals surface area (Å²) in [6.07, 6.45) is 1.58. The zero-order valence-corrected chi connectivity index (χ0v) is 18.7. The molecule has 1 atom stereocenters. The second-order valence-electron chi connectivity index (χ2n) is 5.96. The van der Waals surface area contributed by atoms with Crippen LogP contribution in [-0.4, -0.2) is 66.0 Å². The number of hydrogen-bond acceptors (Lipinski definition) is 6. The van der Waals surface area contributed by atoms with Gasteiger partial charge in [-0.1, -0.05) is 6.07 Å². The molecule has 2 rings (SSSR count). The SMILES string of the molecule is CN=C(NCCNS(=O)(=O)c1cccs1)NCC1(CCO)CCOC1.I. The van der Waals surface area contributed by atoms with Gasteiger partial charge in [0, 0.05) is 45.3 Å². The van der Waals surface area contributed by atoms with Gasteiger partial charge in [0.15, 0.2) is 5.96 Å². The fourth-order valence-electron chi connectivity index (χ4n) is 2.66. The van der Waals surface area contributed by atoms with Crippen molar-refractivity contribution in [1.29, 1.82) is 0 Å². The standard InChI is InChI=1S/C15H26N4O4S2.HI/c1-16-14(18-11-15(4-8-20)5-9-23-12-15)17-6-7-19-25(21,22)13-3-2-10-24-13;/h2-3,10,19-20H,4-9,11-12H2,1H3,(H2,16,17,18);1H. The number of halogens is 1. The number of nitrogens with one attached hydrogen (secondary N) is 3. The Bertz CT molecular complexity index is 647. The van der Waals surface area contributed by atoms with Crippen LogP contribution in [-0.2, 0) is 14.8 Å². The van der Waals surface area contributed by atoms with Crippen LogP contribution in [0.4, 0.5) is 0 Å². The number of rotatable bonds is 9. The quantitative estimate of drug-likeness (QED) is 0.165. The zero-order chi connectivity index (χ0) is 18.2. The highest BCUT2D eigenvalue weighted by Crippen LogP contribution is 2.31. The van der Waals surface area contributed by atoms with Crippen molar-refractivity contribution < 1.29 is 18.3 Å². The Morgan fingerprint density at radius 2 is 2.23 bits per heavy atom. The first kappa shape index (κ1) is 23.6. The maximum atomic E-state index is 12.0. The first-order valence-electron chi connectivity index (χ1n) is 8.18. The predicted octanol–water partition coefficient (Wildman–Crippen LogP) is 0.598. The van der Waals surface area contributed by atoms with Crippen LogP contribution < -0.4 is 15.4 Å². The summed E-state index contributed by atoms with van der Waals surface area (Å²) in [6, 6.07) is 3.28. The van der Waals surface area contributed by atoms with Crippen molar-refractivity contribution in [1.82, 2.24) is 15.4 Å². The molecule has 0 bridgehead atoms. The van der Waals surface area contributed by atoms with Crippen molar-refractivity contribution in [2.45, 2.75) is 17.1 Å². The van der Waals surface area contributed by atoms with Crippen LogP contribution in [0.2, 0.25) is 0 Å². The van der Waals surface area contributed by atoms with E-state index in [0.717, 1.165) is 6.42 Å². The van der Waals surface area contributed by atoms with Crippen LogP contribution >= 0.6 is 35.3 Å². The lowest BCUT2D eigenvalue weighted by molar-refractivity contribution is 0.127. The zero-order valence-electron chi connectivity index (χ0n) is 14.7. The van der Waals surface area contributed by atoms with Crippen LogP contribution in [0.1, 0.15) is 12.8 Å². The molecule has 2 heterocycles. The number of hydrogen-bond donors (Lipinski definition) is 4. The summed E-state index contributed by atoms with van der Waals surface area (Å²) >= 11 is 1.19. The van der Waals surface area contributed by atoms with Gasteiger partial charge in [-0.05, 0) is 24.3 Å². The van der Waals surface area contributed by atoms with Gasteiger partial charge in [0.05, 0.1) is 6.61 Å². The maximum absolute atomic E-state index is 12.0. The predicted molar refractivity (Wildman–Crippen MR) is 114 cm³/mol. The van der Waals surface area contributed by atoms with Crippen molar-refractivity contribution in [2.75, 3.05) is 46.5 Å². The Balaban J connectivity index is 0.00000338. The highest BCUT2D eigenvalue weighted by atomic mass is 127. The summed E-state index contributed by atoms with van der Waals surface area (Å²) in [4.78, 5) is 4.14. The Hall–Kier alpha value is -0.470. The van der Waals surface area contributed by atoms with E-state index in [-0.39, 0.29) is 42.5 Å². The van der Waals surface area contributed by atoms with E-state index >= 15 is 0 Å². The van der Waals surface area contributed by atoms with Crippen molar-refractivity contribution in [2.24, 2.45) is 10.4 Å². The van der Waals surface area contributed by atoms with Gasteiger partial charge in [-0.2, -0.15) is 0 Å². The summed E-state index contributed by atoms with van der Waals surface area (Å²) in [5, 5.41) is 17.3. The number of guanidine groups is 1. The van der Waals surface area contributed by atoms with Gasteiger partial charge in [-0.15, -0.1) is 35.3 Å². The van der Waals surface area contributed by atoms with E-state index in [9.17, 15) is 13.5 Å². The second-order valence-corrected chi connectivity index (χ2v) is 8.90. The summed E-state index contributed by atoms with van der Waals surface area (Å²) in [5.41, 5.74) is -0.0763. The first-order valence-corrected chi connectivity index (χ1v) is 10.5. The lowest BCUT2D eigenvalue weighted by atomic mass is 9.84. The Morgan fingerprint density at radius 1 is 1.42 bits per heavy atom. The minimum absolute atomic E-state index is 0. The Morgan fingerprint density at radius 3 is 2.81 bits per heavy atom. The number of nitrogens with zero attached hydrogens (tertiary/aromatic N) is 1. The normalized spacial score (nSPS) is 20.6. The van der Waals surface area contributed by atoms with Crippen molar-refractivity contribution >= 4 is 51.3 Å². The lowest BCUT2D eigenvalue weighted by Gasteiger charge is -2.27. The molecule has 0 radical (unpaired) electrons. The molecule has 1 aliphatic heterocycles. The Labute approximate surface area is 175 Å². The molecule has 0 aliphatic carbocycles. The largest absolute Gasteiger partial charge is 0.396 e. The van der Waals surface area contributed by atoms with Crippen molar-refractivity contribution in [3.63, 3.8) is 0 Å². The average Bonchev–Trinajstić information content (AvgIpc) is 3.27. The topological polar surface area (TPSA) is 112 Å². The molecule has 26 heavy (non-hydrogen) atoms. The van der Waals surface area contributed by atoms with E-state index in [4.69, 9.17) is 4.74 Å². The average molecular weight is 518 g/mol. The summed E-state index contributed by atoms with van der Waals surface area (Å²) in [5.74, 6) is 0.597. The molecule has 1 unspecified atom stereocenters. The number of sulfonamides is 1. The number of aliphatic hydroxyl groups excluding tert-OH is 1. The number of aliphatic imine (C=N–C) groups is 1. The smallest absolute Gasteiger partial charge is 0.250 e. The molecule has 0 spiro atoms. The van der Waals surface area contributed by atoms with Gasteiger partial charge in [0.1, 0.15) is 4.21 Å². The van der Waals surface area contributed by atoms with Crippen LogP contribution in [0.15, 0.2) is 26.7 Å². The third-order valence-electron chi connectivity index (χ3n) is 4.15. The molecule has 0 amide bonds. The summed E-state index contributed by atoms with van der Waals surface area (Å²) in [7, 11) is -1.78. The van der Waals surface area contributed by atoms with Crippen LogP contribution in [0.3, 0.4) is 0 Å². The molecule has 1 fully saturated rings. The lowest BCUT2D eigenvalue weighted by Crippen LogP contribution is -2.46. The third-order valence-corrected chi connectivity index (χ3v) is 7.01. The molecule has 1 aromatic heterocycles. The monoisotopic (exact) mass is 518 g/mol. The van der Waals surface area contributed by atoms with E-state index in [0.29, 0.717) is 42.9 Å². The van der Waals surface area contributed by atoms with E-state index in [1.807, 2.05) is 0 Å². The molecule has 8 nitrogen and oxygen atoms in total. The van der Waals surface area contributed by atoms with Crippen LogP contribution in [0.5, 0.6) is 0 Å². The molecule has 11 heteroatoms. The molecule has 0 saturated carbocycles. The van der Waals surface area contributed by atoms with Crippen LogP contribution in [0, 0.1) is 5.41 Å². The van der Waals surface area contributed by atoms with Gasteiger partial charge >= 0.3 is 0 Å². The minimum atomic E-state index is -3.44. The fourth-order valence-corrected chi connectivity index (χ4v) is 4.73. The molecule has 1 aliphatic rings. The molecule has 4 N–H and O–H groups in total. The summed E-state index contributed by atoms with van der Waals surface area (Å²) < 4.78 is 32.3. The number of ether oxygens (including phenoxy) is 1. The second kappa shape index (κ2) is 11.4. The molecular formula is C15H27IN4O4S2. The van der Waals surface area contributed by atoms with E-state index in [2.05, 4.69) is 20.3 Å². The molecule has 0 aromatic carbocycles. The van der Waals surface area contributed by atoms with E-state index in [1.54, 1.807) is 24.6 Å². The molecule has 1 saturated heterocycles. The fraction of sp³-hybridized carbons (Fsp3) is 0.667. The first-order chi connectivity index (χ1) is 12.0. The van der Waals surface area contributed by atoms with Gasteiger partial charge in [-0.3, -0.25) is 4.99 Å². The van der Waals surface area contributed by atoms with Gasteiger partial charge in [-0.25, -0.2) is 13.1 Å². The third kappa shape index (κ3) is 6.93. The number of thiophene rings is 1. The van der Waals surface area contributed by atoms with Gasteiger partial charge in [0.25, 0.3) is 0 Å². The highest BCUT2D eigenvalue weighted by Gasteiger charge is 2.34. The van der Waals surface area contributed by atoms with Gasteiger partial charge < -0.3 is 20.5 Å². The summed E-state index contributed by atoms with van der Waals surface area (Å²) in [6.45, 7) is 2.77. The van der Waals surface area contributed by atoms with Crippen molar-refractivity contribution in [3.8, 4) is 0 Å². The Kier molecular flexibility index (Phi) is 10.3. The number of aliphatic hydroxyl groups is 1. The minimum Gasteiger partial charge on any atom is -0.396 e. The van der Waals surface area contributed by atoms with Gasteiger partial charge in [0.2, 0.25) is 10.0 Å². The highest BCUT2D eigenvalue weighted by molar-refractivity contribution is 14.0. The van der Waals surface area contributed by atoms with Crippen molar-refractivity contribution in [3.05, 3.63) is 17.5 Å². The molecule has 1 aromatic rings. The maximum Gasteiger partial charge on any atom is 0.250 e. The van der Waals surface area contributed by atoms with E-state index in [1.165, 1.54) is 11.3 Å². The van der Waals surface area contributed by atoms with E-state index < -0.39 is 10.0 Å². The van der Waals surface area contributed by atoms with Crippen LogP contribution in [0.25, 0.3) is 0 Å².